The summed E-state index contributed by atoms with van der Waals surface area (Å²) < 4.78 is 6.08. The zero-order valence-corrected chi connectivity index (χ0v) is 23.1. The normalized spacial score (nSPS) is 12.1. The quantitative estimate of drug-likeness (QED) is 0.280. The van der Waals surface area contributed by atoms with Crippen LogP contribution in [0.15, 0.2) is 60.7 Å². The van der Waals surface area contributed by atoms with Gasteiger partial charge in [-0.3, -0.25) is 4.79 Å². The molecule has 1 aromatic heterocycles. The minimum Gasteiger partial charge on any atom is -0.478 e. The molecule has 0 bridgehead atoms. The van der Waals surface area contributed by atoms with Crippen LogP contribution in [0.4, 0.5) is 5.69 Å². The van der Waals surface area contributed by atoms with Crippen LogP contribution in [0.3, 0.4) is 0 Å². The van der Waals surface area contributed by atoms with E-state index in [0.717, 1.165) is 23.2 Å². The maximum atomic E-state index is 13.2. The van der Waals surface area contributed by atoms with Crippen molar-refractivity contribution in [2.24, 2.45) is 0 Å². The Morgan fingerprint density at radius 3 is 2.14 bits per heavy atom. The standard InChI is InChI=1S/C31H38N4O2/c1-8-9-10-22-11-15-24(16-12-22)35-33-27-19-21(2)26(20-28(27)34-35)32-29(36)31(6,7)37-25-17-13-23(14-18-25)30(3,4)5/h11-20H,8-10H2,1-7H3,(H,32,36). The Morgan fingerprint density at radius 2 is 1.54 bits per heavy atom. The van der Waals surface area contributed by atoms with E-state index in [2.05, 4.69) is 55.3 Å². The molecule has 0 unspecified atom stereocenters. The van der Waals surface area contributed by atoms with Gasteiger partial charge in [0, 0.05) is 5.69 Å². The van der Waals surface area contributed by atoms with Crippen LogP contribution in [0.25, 0.3) is 16.7 Å². The van der Waals surface area contributed by atoms with Gasteiger partial charge < -0.3 is 10.1 Å². The lowest BCUT2D eigenvalue weighted by atomic mass is 9.87. The van der Waals surface area contributed by atoms with E-state index in [1.807, 2.05) is 55.5 Å². The molecule has 6 heteroatoms. The molecule has 0 spiro atoms. The van der Waals surface area contributed by atoms with Gasteiger partial charge in [-0.1, -0.05) is 58.4 Å². The molecule has 194 valence electrons. The highest BCUT2D eigenvalue weighted by molar-refractivity contribution is 5.99. The van der Waals surface area contributed by atoms with Crippen LogP contribution < -0.4 is 10.1 Å². The van der Waals surface area contributed by atoms with Crippen LogP contribution >= 0.6 is 0 Å². The van der Waals surface area contributed by atoms with E-state index in [4.69, 9.17) is 4.74 Å². The van der Waals surface area contributed by atoms with Crippen molar-refractivity contribution in [3.8, 4) is 11.4 Å². The molecule has 0 aliphatic carbocycles. The average Bonchev–Trinajstić information content (AvgIpc) is 3.25. The molecule has 1 amide bonds. The van der Waals surface area contributed by atoms with E-state index in [-0.39, 0.29) is 11.3 Å². The highest BCUT2D eigenvalue weighted by Crippen LogP contribution is 2.28. The Labute approximate surface area is 220 Å². The molecular weight excluding hydrogens is 460 g/mol. The number of nitrogens with one attached hydrogen (secondary N) is 1. The summed E-state index contributed by atoms with van der Waals surface area (Å²) >= 11 is 0. The smallest absolute Gasteiger partial charge is 0.267 e. The first-order chi connectivity index (χ1) is 17.5. The summed E-state index contributed by atoms with van der Waals surface area (Å²) in [5, 5.41) is 12.4. The Bertz CT molecular complexity index is 1380. The molecule has 4 rings (SSSR count). The maximum Gasteiger partial charge on any atom is 0.267 e. The van der Waals surface area contributed by atoms with Gasteiger partial charge in [0.25, 0.3) is 5.91 Å². The highest BCUT2D eigenvalue weighted by Gasteiger charge is 2.31. The molecular formula is C31H38N4O2. The fourth-order valence-corrected chi connectivity index (χ4v) is 4.13. The summed E-state index contributed by atoms with van der Waals surface area (Å²) in [6.07, 6.45) is 3.44. The van der Waals surface area contributed by atoms with Crippen LogP contribution in [-0.4, -0.2) is 26.5 Å². The third-order valence-electron chi connectivity index (χ3n) is 6.60. The van der Waals surface area contributed by atoms with Crippen molar-refractivity contribution in [2.45, 2.75) is 78.7 Å². The number of unbranched alkanes of at least 4 members (excludes halogenated alkanes) is 1. The number of hydrogen-bond acceptors (Lipinski definition) is 4. The van der Waals surface area contributed by atoms with Crippen molar-refractivity contribution in [3.05, 3.63) is 77.4 Å². The number of anilines is 1. The number of carbonyl (C=O) groups excluding carboxylic acids is 1. The van der Waals surface area contributed by atoms with Crippen LogP contribution in [-0.2, 0) is 16.6 Å². The first-order valence-electron chi connectivity index (χ1n) is 13.0. The second-order valence-electron chi connectivity index (χ2n) is 11.3. The van der Waals surface area contributed by atoms with Crippen LogP contribution in [0.2, 0.25) is 0 Å². The van der Waals surface area contributed by atoms with Gasteiger partial charge in [0.2, 0.25) is 0 Å². The highest BCUT2D eigenvalue weighted by atomic mass is 16.5. The van der Waals surface area contributed by atoms with Gasteiger partial charge in [-0.05, 0) is 92.1 Å². The summed E-state index contributed by atoms with van der Waals surface area (Å²) in [6.45, 7) is 14.2. The Hall–Kier alpha value is -3.67. The minimum absolute atomic E-state index is 0.0571. The summed E-state index contributed by atoms with van der Waals surface area (Å²) in [5.41, 5.74) is 5.53. The van der Waals surface area contributed by atoms with Crippen LogP contribution in [0.1, 0.15) is 71.1 Å². The number of nitrogens with zero attached hydrogens (tertiary/aromatic N) is 3. The fourth-order valence-electron chi connectivity index (χ4n) is 4.13. The van der Waals surface area contributed by atoms with Crippen LogP contribution in [0.5, 0.6) is 5.75 Å². The first-order valence-corrected chi connectivity index (χ1v) is 13.0. The zero-order valence-electron chi connectivity index (χ0n) is 23.1. The number of ether oxygens (including phenoxy) is 1. The van der Waals surface area contributed by atoms with E-state index < -0.39 is 5.60 Å². The largest absolute Gasteiger partial charge is 0.478 e. The molecule has 3 aromatic carbocycles. The molecule has 0 radical (unpaired) electrons. The van der Waals surface area contributed by atoms with Gasteiger partial charge in [0.05, 0.1) is 5.69 Å². The Morgan fingerprint density at radius 1 is 0.919 bits per heavy atom. The summed E-state index contributed by atoms with van der Waals surface area (Å²) in [5.74, 6) is 0.425. The molecule has 0 saturated carbocycles. The van der Waals surface area contributed by atoms with E-state index in [0.29, 0.717) is 17.0 Å². The molecule has 1 heterocycles. The number of carbonyl (C=O) groups is 1. The molecule has 0 fully saturated rings. The average molecular weight is 499 g/mol. The minimum atomic E-state index is -1.07. The summed E-state index contributed by atoms with van der Waals surface area (Å²) in [6, 6.07) is 20.1. The number of fused-ring (bicyclic) bond motifs is 1. The second kappa shape index (κ2) is 10.4. The van der Waals surface area contributed by atoms with Crippen molar-refractivity contribution < 1.29 is 9.53 Å². The van der Waals surface area contributed by atoms with Crippen LogP contribution in [0, 0.1) is 6.92 Å². The van der Waals surface area contributed by atoms with Crippen molar-refractivity contribution in [2.75, 3.05) is 5.32 Å². The topological polar surface area (TPSA) is 69.0 Å². The lowest BCUT2D eigenvalue weighted by Crippen LogP contribution is -2.42. The number of amides is 1. The first kappa shape index (κ1) is 26.4. The number of hydrogen-bond donors (Lipinski definition) is 1. The molecule has 0 saturated heterocycles. The molecule has 0 aliphatic heterocycles. The third kappa shape index (κ3) is 6.19. The Kier molecular flexibility index (Phi) is 7.39. The third-order valence-corrected chi connectivity index (χ3v) is 6.60. The molecule has 0 atom stereocenters. The summed E-state index contributed by atoms with van der Waals surface area (Å²) in [7, 11) is 0. The van der Waals surface area contributed by atoms with E-state index in [1.54, 1.807) is 18.6 Å². The van der Waals surface area contributed by atoms with Crippen molar-refractivity contribution >= 4 is 22.6 Å². The van der Waals surface area contributed by atoms with Gasteiger partial charge in [-0.25, -0.2) is 0 Å². The zero-order chi connectivity index (χ0) is 26.8. The van der Waals surface area contributed by atoms with Gasteiger partial charge >= 0.3 is 0 Å². The van der Waals surface area contributed by atoms with E-state index >= 15 is 0 Å². The van der Waals surface area contributed by atoms with Crippen molar-refractivity contribution in [3.63, 3.8) is 0 Å². The van der Waals surface area contributed by atoms with Gasteiger partial charge in [-0.15, -0.1) is 10.2 Å². The predicted molar refractivity (Wildman–Crippen MR) is 151 cm³/mol. The molecule has 6 nitrogen and oxygen atoms in total. The number of rotatable bonds is 8. The van der Waals surface area contributed by atoms with Crippen molar-refractivity contribution in [1.82, 2.24) is 15.0 Å². The van der Waals surface area contributed by atoms with E-state index in [9.17, 15) is 4.79 Å². The molecule has 4 aromatic rings. The van der Waals surface area contributed by atoms with E-state index in [1.165, 1.54) is 24.0 Å². The van der Waals surface area contributed by atoms with Gasteiger partial charge in [-0.2, -0.15) is 4.80 Å². The number of aryl methyl sites for hydroxylation is 2. The second-order valence-corrected chi connectivity index (χ2v) is 11.3. The SMILES string of the molecule is CCCCc1ccc(-n2nc3cc(C)c(NC(=O)C(C)(C)Oc4ccc(C(C)(C)C)cc4)cc3n2)cc1. The van der Waals surface area contributed by atoms with Gasteiger partial charge in [0.1, 0.15) is 16.8 Å². The maximum absolute atomic E-state index is 13.2. The summed E-state index contributed by atoms with van der Waals surface area (Å²) in [4.78, 5) is 14.9. The monoisotopic (exact) mass is 498 g/mol. The predicted octanol–water partition coefficient (Wildman–Crippen LogP) is 7.17. The molecule has 37 heavy (non-hydrogen) atoms. The number of aromatic nitrogens is 3. The lowest BCUT2D eigenvalue weighted by molar-refractivity contribution is -0.128. The Balaban J connectivity index is 1.49. The molecule has 0 aliphatic rings. The lowest BCUT2D eigenvalue weighted by Gasteiger charge is -2.26. The fraction of sp³-hybridized carbons (Fsp3) is 0.387. The number of benzene rings is 3. The van der Waals surface area contributed by atoms with Gasteiger partial charge in [0.15, 0.2) is 5.60 Å². The van der Waals surface area contributed by atoms with Crippen molar-refractivity contribution in [1.29, 1.82) is 0 Å². The molecule has 1 N–H and O–H groups in total.